The maximum atomic E-state index is 2.47. The first-order chi connectivity index (χ1) is 7.74. The van der Waals surface area contributed by atoms with Gasteiger partial charge in [-0.2, -0.15) is 0 Å². The molecule has 0 saturated carbocycles. The molecule has 0 saturated heterocycles. The lowest BCUT2D eigenvalue weighted by atomic mass is 10.3. The lowest BCUT2D eigenvalue weighted by Gasteiger charge is -2.18. The van der Waals surface area contributed by atoms with E-state index in [4.69, 9.17) is 0 Å². The molecule has 3 heteroatoms. The average molecular weight is 236 g/mol. The second kappa shape index (κ2) is 5.00. The summed E-state index contributed by atoms with van der Waals surface area (Å²) in [6, 6.07) is 2.30. The number of nitrogens with zero attached hydrogens (tertiary/aromatic N) is 2. The molecule has 0 unspecified atom stereocenters. The predicted octanol–water partition coefficient (Wildman–Crippen LogP) is 3.47. The van der Waals surface area contributed by atoms with Crippen molar-refractivity contribution >= 4 is 23.7 Å². The third kappa shape index (κ3) is 2.14. The van der Waals surface area contributed by atoms with E-state index in [0.717, 1.165) is 12.3 Å². The van der Waals surface area contributed by atoms with Crippen LogP contribution in [0.25, 0.3) is 6.08 Å². The van der Waals surface area contributed by atoms with Gasteiger partial charge in [-0.05, 0) is 12.5 Å². The van der Waals surface area contributed by atoms with Gasteiger partial charge in [0.1, 0.15) is 5.82 Å². The fourth-order valence-corrected chi connectivity index (χ4v) is 3.01. The molecule has 0 bridgehead atoms. The summed E-state index contributed by atoms with van der Waals surface area (Å²) in [4.78, 5) is 2.21. The van der Waals surface area contributed by atoms with Gasteiger partial charge in [-0.25, -0.2) is 0 Å². The summed E-state index contributed by atoms with van der Waals surface area (Å²) >= 11 is 1.95. The second-order valence-corrected chi connectivity index (χ2v) is 5.38. The first-order valence-electron chi connectivity index (χ1n) is 5.94. The zero-order chi connectivity index (χ0) is 11.5. The number of fused-ring (bicyclic) bond motifs is 1. The molecule has 1 aliphatic heterocycles. The summed E-state index contributed by atoms with van der Waals surface area (Å²) < 4.78 is 2.47. The highest BCUT2D eigenvalue weighted by atomic mass is 32.2. The van der Waals surface area contributed by atoms with Gasteiger partial charge >= 0.3 is 0 Å². The molecule has 1 aromatic rings. The van der Waals surface area contributed by atoms with Crippen LogP contribution in [0.2, 0.25) is 0 Å². The third-order valence-electron chi connectivity index (χ3n) is 2.86. The number of hydrogen-bond donors (Lipinski definition) is 0. The van der Waals surface area contributed by atoms with Gasteiger partial charge in [-0.15, -0.1) is 11.8 Å². The quantitative estimate of drug-likeness (QED) is 0.791. The van der Waals surface area contributed by atoms with Crippen molar-refractivity contribution in [2.75, 3.05) is 24.7 Å². The van der Waals surface area contributed by atoms with Crippen LogP contribution < -0.4 is 4.90 Å². The van der Waals surface area contributed by atoms with Crippen LogP contribution in [0.15, 0.2) is 17.2 Å². The second-order valence-electron chi connectivity index (χ2n) is 4.38. The van der Waals surface area contributed by atoms with Crippen LogP contribution in [0, 0.1) is 0 Å². The standard InChI is InChI=1S/C13H20N2S/c1-4-5-8-15-12(14(2)3)10-11-7-6-9-16-13(11)15/h6-7,10H,4-5,8-9H2,1-3H3. The van der Waals surface area contributed by atoms with Gasteiger partial charge < -0.3 is 9.47 Å². The highest BCUT2D eigenvalue weighted by molar-refractivity contribution is 7.99. The molecular formula is C13H20N2S. The Morgan fingerprint density at radius 1 is 1.44 bits per heavy atom. The molecule has 0 fully saturated rings. The van der Waals surface area contributed by atoms with E-state index in [2.05, 4.69) is 48.7 Å². The van der Waals surface area contributed by atoms with Gasteiger partial charge in [0.25, 0.3) is 0 Å². The van der Waals surface area contributed by atoms with Gasteiger partial charge in [0.2, 0.25) is 0 Å². The smallest absolute Gasteiger partial charge is 0.109 e. The lowest BCUT2D eigenvalue weighted by Crippen LogP contribution is -2.15. The van der Waals surface area contributed by atoms with Crippen molar-refractivity contribution in [2.45, 2.75) is 31.3 Å². The molecule has 16 heavy (non-hydrogen) atoms. The Labute approximate surface area is 102 Å². The van der Waals surface area contributed by atoms with Crippen molar-refractivity contribution in [3.05, 3.63) is 17.7 Å². The molecule has 2 nitrogen and oxygen atoms in total. The van der Waals surface area contributed by atoms with Gasteiger partial charge in [0.15, 0.2) is 0 Å². The summed E-state index contributed by atoms with van der Waals surface area (Å²) in [5.74, 6) is 2.44. The summed E-state index contributed by atoms with van der Waals surface area (Å²) in [6.07, 6.45) is 7.00. The number of thioether (sulfide) groups is 1. The number of rotatable bonds is 4. The minimum absolute atomic E-state index is 1.11. The molecular weight excluding hydrogens is 216 g/mol. The van der Waals surface area contributed by atoms with Crippen molar-refractivity contribution in [3.8, 4) is 0 Å². The molecule has 1 aliphatic rings. The minimum atomic E-state index is 1.11. The van der Waals surface area contributed by atoms with Gasteiger partial charge in [-0.3, -0.25) is 0 Å². The number of aromatic nitrogens is 1. The van der Waals surface area contributed by atoms with Crippen LogP contribution in [-0.2, 0) is 6.54 Å². The Hall–Kier alpha value is -0.830. The Bertz CT molecular complexity index is 391. The monoisotopic (exact) mass is 236 g/mol. The van der Waals surface area contributed by atoms with E-state index in [9.17, 15) is 0 Å². The van der Waals surface area contributed by atoms with E-state index in [1.54, 1.807) is 0 Å². The number of unbranched alkanes of at least 4 members (excludes halogenated alkanes) is 1. The average Bonchev–Trinajstić information content (AvgIpc) is 2.65. The van der Waals surface area contributed by atoms with Crippen LogP contribution >= 0.6 is 11.8 Å². The molecule has 0 aliphatic carbocycles. The molecule has 2 heterocycles. The SMILES string of the molecule is CCCCn1c(N(C)C)cc2c1SCC=C2. The molecule has 1 aromatic heterocycles. The van der Waals surface area contributed by atoms with E-state index in [-0.39, 0.29) is 0 Å². The molecule has 88 valence electrons. The van der Waals surface area contributed by atoms with Crippen molar-refractivity contribution in [3.63, 3.8) is 0 Å². The zero-order valence-corrected chi connectivity index (χ0v) is 11.2. The summed E-state index contributed by atoms with van der Waals surface area (Å²) in [5.41, 5.74) is 1.39. The Kier molecular flexibility index (Phi) is 3.64. The highest BCUT2D eigenvalue weighted by Gasteiger charge is 2.16. The fourth-order valence-electron chi connectivity index (χ4n) is 2.02. The maximum Gasteiger partial charge on any atom is 0.109 e. The molecule has 0 amide bonds. The number of hydrogen-bond acceptors (Lipinski definition) is 2. The van der Waals surface area contributed by atoms with Crippen molar-refractivity contribution in [2.24, 2.45) is 0 Å². The lowest BCUT2D eigenvalue weighted by molar-refractivity contribution is 0.596. The number of anilines is 1. The first kappa shape index (κ1) is 11.6. The Morgan fingerprint density at radius 3 is 2.94 bits per heavy atom. The Morgan fingerprint density at radius 2 is 2.25 bits per heavy atom. The van der Waals surface area contributed by atoms with E-state index in [1.807, 2.05) is 11.8 Å². The topological polar surface area (TPSA) is 8.17 Å². The molecule has 0 atom stereocenters. The van der Waals surface area contributed by atoms with Crippen molar-refractivity contribution in [1.82, 2.24) is 4.57 Å². The zero-order valence-electron chi connectivity index (χ0n) is 10.4. The first-order valence-corrected chi connectivity index (χ1v) is 6.92. The van der Waals surface area contributed by atoms with Crippen LogP contribution in [0.4, 0.5) is 5.82 Å². The van der Waals surface area contributed by atoms with Crippen LogP contribution in [-0.4, -0.2) is 24.4 Å². The Balaban J connectivity index is 2.37. The van der Waals surface area contributed by atoms with Gasteiger partial charge in [-0.1, -0.05) is 25.5 Å². The van der Waals surface area contributed by atoms with Crippen LogP contribution in [0.1, 0.15) is 25.3 Å². The maximum absolute atomic E-state index is 2.47. The summed E-state index contributed by atoms with van der Waals surface area (Å²) in [6.45, 7) is 3.39. The summed E-state index contributed by atoms with van der Waals surface area (Å²) in [7, 11) is 4.25. The predicted molar refractivity (Wildman–Crippen MR) is 73.4 cm³/mol. The largest absolute Gasteiger partial charge is 0.364 e. The van der Waals surface area contributed by atoms with Gasteiger partial charge in [0.05, 0.1) is 5.03 Å². The molecule has 0 radical (unpaired) electrons. The fraction of sp³-hybridized carbons (Fsp3) is 0.538. The molecule has 0 aromatic carbocycles. The van der Waals surface area contributed by atoms with Crippen molar-refractivity contribution in [1.29, 1.82) is 0 Å². The van der Waals surface area contributed by atoms with Crippen LogP contribution in [0.3, 0.4) is 0 Å². The molecule has 2 rings (SSSR count). The van der Waals surface area contributed by atoms with Gasteiger partial charge in [0, 0.05) is 32.0 Å². The van der Waals surface area contributed by atoms with E-state index < -0.39 is 0 Å². The third-order valence-corrected chi connectivity index (χ3v) is 3.95. The van der Waals surface area contributed by atoms with E-state index >= 15 is 0 Å². The molecule has 0 N–H and O–H groups in total. The minimum Gasteiger partial charge on any atom is -0.364 e. The van der Waals surface area contributed by atoms with E-state index in [1.165, 1.54) is 29.2 Å². The highest BCUT2D eigenvalue weighted by Crippen LogP contribution is 2.35. The normalized spacial score (nSPS) is 13.9. The van der Waals surface area contributed by atoms with E-state index in [0.29, 0.717) is 0 Å². The molecule has 0 spiro atoms. The summed E-state index contributed by atoms with van der Waals surface area (Å²) in [5, 5.41) is 1.44. The van der Waals surface area contributed by atoms with Crippen LogP contribution in [0.5, 0.6) is 0 Å². The van der Waals surface area contributed by atoms with Crippen molar-refractivity contribution < 1.29 is 0 Å².